The van der Waals surface area contributed by atoms with Crippen molar-refractivity contribution in [3.05, 3.63) is 29.8 Å². The van der Waals surface area contributed by atoms with Crippen molar-refractivity contribution in [2.75, 3.05) is 19.5 Å². The molecule has 7 heteroatoms. The van der Waals surface area contributed by atoms with E-state index in [0.717, 1.165) is 29.4 Å². The summed E-state index contributed by atoms with van der Waals surface area (Å²) < 4.78 is 7.30. The topological polar surface area (TPSA) is 69.0 Å². The highest BCUT2D eigenvalue weighted by atomic mass is 32.2. The van der Waals surface area contributed by atoms with Crippen LogP contribution in [-0.4, -0.2) is 46.2 Å². The Hall–Kier alpha value is -1.86. The molecule has 1 aliphatic rings. The van der Waals surface area contributed by atoms with Crippen molar-refractivity contribution in [1.82, 2.24) is 20.1 Å². The Balaban J connectivity index is 1.66. The smallest absolute Gasteiger partial charge is 0.230 e. The predicted octanol–water partition coefficient (Wildman–Crippen LogP) is 3.83. The molecule has 1 fully saturated rings. The molecule has 1 saturated carbocycles. The van der Waals surface area contributed by atoms with Crippen LogP contribution in [0.15, 0.2) is 29.4 Å². The maximum Gasteiger partial charge on any atom is 0.230 e. The number of hydrogen-bond donors (Lipinski definition) is 1. The number of aryl methyl sites for hydroxylation is 1. The number of ether oxygens (including phenoxy) is 1. The second kappa shape index (κ2) is 10.6. The number of nitrogens with one attached hydrogen (secondary N) is 1. The summed E-state index contributed by atoms with van der Waals surface area (Å²) in [6.07, 6.45) is 7.18. The number of amides is 1. The number of carbonyl (C=O) groups is 1. The lowest BCUT2D eigenvalue weighted by Crippen LogP contribution is -2.35. The Morgan fingerprint density at radius 1 is 1.25 bits per heavy atom. The Bertz CT molecular complexity index is 770. The fourth-order valence-electron chi connectivity index (χ4n) is 3.60. The molecule has 1 amide bonds. The highest BCUT2D eigenvalue weighted by molar-refractivity contribution is 7.99. The van der Waals surface area contributed by atoms with Crippen LogP contribution in [0.4, 0.5) is 0 Å². The third-order valence-corrected chi connectivity index (χ3v) is 6.03. The van der Waals surface area contributed by atoms with Gasteiger partial charge in [0, 0.05) is 18.7 Å². The minimum absolute atomic E-state index is 0.0790. The summed E-state index contributed by atoms with van der Waals surface area (Å²) in [6.45, 7) is 3.28. The third kappa shape index (κ3) is 5.82. The van der Waals surface area contributed by atoms with E-state index in [-0.39, 0.29) is 5.91 Å². The van der Waals surface area contributed by atoms with Gasteiger partial charge in [0.1, 0.15) is 0 Å². The van der Waals surface area contributed by atoms with E-state index in [4.69, 9.17) is 4.74 Å². The van der Waals surface area contributed by atoms with Crippen molar-refractivity contribution in [3.63, 3.8) is 0 Å². The molecule has 1 N–H and O–H groups in total. The number of benzene rings is 1. The van der Waals surface area contributed by atoms with Crippen molar-refractivity contribution in [2.45, 2.75) is 63.2 Å². The van der Waals surface area contributed by atoms with Crippen molar-refractivity contribution in [2.24, 2.45) is 0 Å². The predicted molar refractivity (Wildman–Crippen MR) is 112 cm³/mol. The summed E-state index contributed by atoms with van der Waals surface area (Å²) >= 11 is 1.44. The molecule has 28 heavy (non-hydrogen) atoms. The maximum atomic E-state index is 12.4. The summed E-state index contributed by atoms with van der Waals surface area (Å²) in [6, 6.07) is 8.54. The lowest BCUT2D eigenvalue weighted by atomic mass is 10.1. The van der Waals surface area contributed by atoms with Gasteiger partial charge < -0.3 is 10.1 Å². The van der Waals surface area contributed by atoms with E-state index in [1.807, 2.05) is 16.7 Å². The van der Waals surface area contributed by atoms with Gasteiger partial charge in [0.15, 0.2) is 11.0 Å². The first-order valence-corrected chi connectivity index (χ1v) is 11.1. The van der Waals surface area contributed by atoms with Crippen molar-refractivity contribution >= 4 is 17.7 Å². The van der Waals surface area contributed by atoms with Crippen LogP contribution >= 0.6 is 11.8 Å². The second-order valence-corrected chi connectivity index (χ2v) is 8.31. The van der Waals surface area contributed by atoms with Gasteiger partial charge in [-0.2, -0.15) is 0 Å². The van der Waals surface area contributed by atoms with E-state index >= 15 is 0 Å². The van der Waals surface area contributed by atoms with E-state index < -0.39 is 0 Å². The fourth-order valence-corrected chi connectivity index (χ4v) is 4.38. The van der Waals surface area contributed by atoms with E-state index in [9.17, 15) is 4.79 Å². The number of thioether (sulfide) groups is 1. The molecule has 0 saturated heterocycles. The van der Waals surface area contributed by atoms with Crippen molar-refractivity contribution in [3.8, 4) is 11.4 Å². The molecule has 0 radical (unpaired) electrons. The highest BCUT2D eigenvalue weighted by Gasteiger charge is 2.18. The SMILES string of the molecule is COCCn1c(SCC(=O)NC2CCCCCC2)nnc1-c1cccc(C)c1. The van der Waals surface area contributed by atoms with Crippen LogP contribution in [0.1, 0.15) is 44.1 Å². The summed E-state index contributed by atoms with van der Waals surface area (Å²) in [5, 5.41) is 12.7. The molecule has 152 valence electrons. The first-order valence-electron chi connectivity index (χ1n) is 10.1. The van der Waals surface area contributed by atoms with E-state index in [1.54, 1.807) is 7.11 Å². The van der Waals surface area contributed by atoms with Crippen molar-refractivity contribution < 1.29 is 9.53 Å². The molecule has 1 aromatic heterocycles. The number of hydrogen-bond acceptors (Lipinski definition) is 5. The van der Waals surface area contributed by atoms with Gasteiger partial charge in [-0.3, -0.25) is 9.36 Å². The molecule has 0 atom stereocenters. The number of nitrogens with zero attached hydrogens (tertiary/aromatic N) is 3. The van der Waals surface area contributed by atoms with Crippen LogP contribution in [0, 0.1) is 6.92 Å². The molecule has 1 aliphatic carbocycles. The molecular formula is C21H30N4O2S. The summed E-state index contributed by atoms with van der Waals surface area (Å²) in [5.74, 6) is 1.25. The van der Waals surface area contributed by atoms with Gasteiger partial charge in [0.25, 0.3) is 0 Å². The lowest BCUT2D eigenvalue weighted by Gasteiger charge is -2.16. The van der Waals surface area contributed by atoms with Crippen LogP contribution in [0.2, 0.25) is 0 Å². The summed E-state index contributed by atoms with van der Waals surface area (Å²) in [4.78, 5) is 12.4. The fraction of sp³-hybridized carbons (Fsp3) is 0.571. The molecule has 6 nitrogen and oxygen atoms in total. The van der Waals surface area contributed by atoms with Gasteiger partial charge in [0.2, 0.25) is 5.91 Å². The molecule has 2 aromatic rings. The average molecular weight is 403 g/mol. The number of carbonyl (C=O) groups excluding carboxylic acids is 1. The number of methoxy groups -OCH3 is 1. The Labute approximate surface area is 171 Å². The molecule has 0 bridgehead atoms. The second-order valence-electron chi connectivity index (χ2n) is 7.36. The minimum Gasteiger partial charge on any atom is -0.383 e. The molecule has 0 spiro atoms. The van der Waals surface area contributed by atoms with Gasteiger partial charge in [-0.25, -0.2) is 0 Å². The van der Waals surface area contributed by atoms with Gasteiger partial charge in [-0.05, 0) is 25.8 Å². The summed E-state index contributed by atoms with van der Waals surface area (Å²) in [5.41, 5.74) is 2.20. The largest absolute Gasteiger partial charge is 0.383 e. The minimum atomic E-state index is 0.0790. The Morgan fingerprint density at radius 2 is 2.04 bits per heavy atom. The first-order chi connectivity index (χ1) is 13.7. The van der Waals surface area contributed by atoms with E-state index in [1.165, 1.54) is 43.0 Å². The van der Waals surface area contributed by atoms with Crippen LogP contribution < -0.4 is 5.32 Å². The van der Waals surface area contributed by atoms with Gasteiger partial charge in [-0.15, -0.1) is 10.2 Å². The molecule has 0 unspecified atom stereocenters. The standard InChI is InChI=1S/C21H30N4O2S/c1-16-8-7-9-17(14-16)20-23-24-21(25(20)12-13-27-2)28-15-19(26)22-18-10-5-3-4-6-11-18/h7-9,14,18H,3-6,10-13,15H2,1-2H3,(H,22,26). The van der Waals surface area contributed by atoms with Gasteiger partial charge >= 0.3 is 0 Å². The third-order valence-electron chi connectivity index (χ3n) is 5.06. The lowest BCUT2D eigenvalue weighted by molar-refractivity contribution is -0.119. The highest BCUT2D eigenvalue weighted by Crippen LogP contribution is 2.25. The maximum absolute atomic E-state index is 12.4. The molecule has 3 rings (SSSR count). The molecule has 1 aromatic carbocycles. The average Bonchev–Trinajstić information content (AvgIpc) is 2.91. The van der Waals surface area contributed by atoms with Crippen LogP contribution in [0.25, 0.3) is 11.4 Å². The Morgan fingerprint density at radius 3 is 2.75 bits per heavy atom. The van der Waals surface area contributed by atoms with Crippen molar-refractivity contribution in [1.29, 1.82) is 0 Å². The van der Waals surface area contributed by atoms with Crippen LogP contribution in [0.3, 0.4) is 0 Å². The molecule has 0 aliphatic heterocycles. The number of aromatic nitrogens is 3. The molecular weight excluding hydrogens is 372 g/mol. The molecule has 1 heterocycles. The summed E-state index contributed by atoms with van der Waals surface area (Å²) in [7, 11) is 1.68. The zero-order valence-electron chi connectivity index (χ0n) is 16.8. The van der Waals surface area contributed by atoms with Crippen LogP contribution in [-0.2, 0) is 16.1 Å². The van der Waals surface area contributed by atoms with Crippen LogP contribution in [0.5, 0.6) is 0 Å². The quantitative estimate of drug-likeness (QED) is 0.537. The Kier molecular flexibility index (Phi) is 7.91. The zero-order valence-corrected chi connectivity index (χ0v) is 17.6. The first kappa shape index (κ1) is 20.9. The number of rotatable bonds is 8. The van der Waals surface area contributed by atoms with Gasteiger partial charge in [-0.1, -0.05) is 61.2 Å². The monoisotopic (exact) mass is 402 g/mol. The van der Waals surface area contributed by atoms with E-state index in [2.05, 4.69) is 34.6 Å². The van der Waals surface area contributed by atoms with Gasteiger partial charge in [0.05, 0.1) is 18.9 Å². The normalized spacial score (nSPS) is 15.4. The zero-order chi connectivity index (χ0) is 19.8. The van der Waals surface area contributed by atoms with E-state index in [0.29, 0.717) is 24.9 Å².